The average molecular weight is 474 g/mol. The summed E-state index contributed by atoms with van der Waals surface area (Å²) in [4.78, 5) is 17.9. The monoisotopic (exact) mass is 473 g/mol. The van der Waals surface area contributed by atoms with Crippen LogP contribution >= 0.6 is 0 Å². The fourth-order valence-corrected chi connectivity index (χ4v) is 4.53. The zero-order valence-corrected chi connectivity index (χ0v) is 21.1. The molecular weight excluding hydrogens is 442 g/mol. The molecule has 1 heterocycles. The van der Waals surface area contributed by atoms with Gasteiger partial charge in [0.25, 0.3) is 5.91 Å². The van der Waals surface area contributed by atoms with Crippen LogP contribution in [0.15, 0.2) is 48.5 Å². The van der Waals surface area contributed by atoms with E-state index >= 15 is 0 Å². The van der Waals surface area contributed by atoms with E-state index in [1.807, 2.05) is 18.2 Å². The van der Waals surface area contributed by atoms with E-state index < -0.39 is 0 Å². The van der Waals surface area contributed by atoms with E-state index in [2.05, 4.69) is 48.9 Å². The van der Waals surface area contributed by atoms with Crippen LogP contribution in [0.5, 0.6) is 17.2 Å². The normalized spacial score (nSPS) is 10.9. The summed E-state index contributed by atoms with van der Waals surface area (Å²) in [6, 6.07) is 15.7. The van der Waals surface area contributed by atoms with Gasteiger partial charge in [0.1, 0.15) is 5.82 Å². The molecule has 0 aliphatic heterocycles. The maximum atomic E-state index is 13.1. The smallest absolute Gasteiger partial charge is 0.251 e. The molecule has 7 nitrogen and oxygen atoms in total. The number of para-hydroxylation sites is 2. The topological polar surface area (TPSA) is 74.6 Å². The highest BCUT2D eigenvalue weighted by Gasteiger charge is 2.19. The summed E-state index contributed by atoms with van der Waals surface area (Å²) in [6.07, 6.45) is 0. The Balaban J connectivity index is 1.65. The predicted molar refractivity (Wildman–Crippen MR) is 137 cm³/mol. The van der Waals surface area contributed by atoms with E-state index in [0.29, 0.717) is 29.4 Å². The number of nitrogens with one attached hydrogen (secondary N) is 1. The van der Waals surface area contributed by atoms with Crippen LogP contribution < -0.4 is 19.5 Å². The molecule has 0 saturated heterocycles. The van der Waals surface area contributed by atoms with Crippen LogP contribution in [0.25, 0.3) is 11.0 Å². The van der Waals surface area contributed by atoms with Crippen molar-refractivity contribution in [1.29, 1.82) is 0 Å². The number of fused-ring (bicyclic) bond motifs is 1. The van der Waals surface area contributed by atoms with Crippen LogP contribution in [0.4, 0.5) is 0 Å². The SMILES string of the molecule is COc1cc(C(=O)NCc2nc3ccccc3n2Cc2c(C)cc(C)cc2C)cc(OC)c1OC. The molecule has 0 saturated carbocycles. The Labute approximate surface area is 205 Å². The van der Waals surface area contributed by atoms with Gasteiger partial charge in [-0.1, -0.05) is 29.8 Å². The number of amides is 1. The first-order valence-electron chi connectivity index (χ1n) is 11.4. The lowest BCUT2D eigenvalue weighted by Gasteiger charge is -2.16. The van der Waals surface area contributed by atoms with Gasteiger partial charge < -0.3 is 24.1 Å². The second-order valence-corrected chi connectivity index (χ2v) is 8.58. The molecule has 4 rings (SSSR count). The number of aryl methyl sites for hydroxylation is 3. The molecule has 0 radical (unpaired) electrons. The number of hydrogen-bond donors (Lipinski definition) is 1. The number of ether oxygens (including phenoxy) is 3. The van der Waals surface area contributed by atoms with E-state index in [9.17, 15) is 4.79 Å². The molecule has 1 aromatic heterocycles. The van der Waals surface area contributed by atoms with Gasteiger partial charge in [0, 0.05) is 12.1 Å². The van der Waals surface area contributed by atoms with Crippen molar-refractivity contribution in [3.63, 3.8) is 0 Å². The van der Waals surface area contributed by atoms with Crippen LogP contribution in [-0.4, -0.2) is 36.8 Å². The molecular formula is C28H31N3O4. The molecule has 0 spiro atoms. The first-order valence-corrected chi connectivity index (χ1v) is 11.4. The molecule has 0 unspecified atom stereocenters. The molecule has 0 atom stereocenters. The number of hydrogen-bond acceptors (Lipinski definition) is 5. The third kappa shape index (κ3) is 4.80. The molecule has 7 heteroatoms. The second kappa shape index (κ2) is 10.1. The standard InChI is InChI=1S/C28H31N3O4/c1-17-11-18(2)21(19(3)12-17)16-31-23-10-8-7-9-22(23)30-26(31)15-29-28(32)20-13-24(33-4)27(35-6)25(14-20)34-5/h7-14H,15-16H2,1-6H3,(H,29,32). The van der Waals surface area contributed by atoms with Crippen molar-refractivity contribution in [1.82, 2.24) is 14.9 Å². The van der Waals surface area contributed by atoms with E-state index in [4.69, 9.17) is 19.2 Å². The van der Waals surface area contributed by atoms with Gasteiger partial charge in [-0.25, -0.2) is 4.98 Å². The number of aromatic nitrogens is 2. The van der Waals surface area contributed by atoms with Crippen LogP contribution in [0, 0.1) is 20.8 Å². The Hall–Kier alpha value is -4.00. The van der Waals surface area contributed by atoms with E-state index in [-0.39, 0.29) is 12.5 Å². The molecule has 3 aromatic carbocycles. The van der Waals surface area contributed by atoms with E-state index in [1.165, 1.54) is 43.6 Å². The van der Waals surface area contributed by atoms with E-state index in [1.54, 1.807) is 12.1 Å². The van der Waals surface area contributed by atoms with E-state index in [0.717, 1.165) is 16.9 Å². The minimum absolute atomic E-state index is 0.259. The van der Waals surface area contributed by atoms with Gasteiger partial charge in [-0.2, -0.15) is 0 Å². The van der Waals surface area contributed by atoms with Gasteiger partial charge in [-0.15, -0.1) is 0 Å². The summed E-state index contributed by atoms with van der Waals surface area (Å²) in [5.41, 5.74) is 7.33. The van der Waals surface area contributed by atoms with Gasteiger partial charge in [0.15, 0.2) is 11.5 Å². The average Bonchev–Trinajstić information content (AvgIpc) is 3.20. The lowest BCUT2D eigenvalue weighted by Crippen LogP contribution is -2.25. The number of methoxy groups -OCH3 is 3. The molecule has 4 aromatic rings. The Morgan fingerprint density at radius 1 is 0.914 bits per heavy atom. The molecule has 0 bridgehead atoms. The largest absolute Gasteiger partial charge is 0.493 e. The van der Waals surface area contributed by atoms with Gasteiger partial charge in [-0.05, 0) is 61.7 Å². The van der Waals surface area contributed by atoms with Crippen LogP contribution in [0.3, 0.4) is 0 Å². The third-order valence-corrected chi connectivity index (χ3v) is 6.22. The van der Waals surface area contributed by atoms with Gasteiger partial charge in [0.05, 0.1) is 38.9 Å². The van der Waals surface area contributed by atoms with Crippen LogP contribution in [0.1, 0.15) is 38.4 Å². The molecule has 0 aliphatic rings. The zero-order chi connectivity index (χ0) is 25.1. The minimum atomic E-state index is -0.259. The van der Waals surface area contributed by atoms with Crippen LogP contribution in [0.2, 0.25) is 0 Å². The Morgan fingerprint density at radius 3 is 2.14 bits per heavy atom. The van der Waals surface area contributed by atoms with Gasteiger partial charge in [-0.3, -0.25) is 4.79 Å². The number of carbonyl (C=O) groups is 1. The van der Waals surface area contributed by atoms with Crippen molar-refractivity contribution in [2.75, 3.05) is 21.3 Å². The van der Waals surface area contributed by atoms with Crippen LogP contribution in [-0.2, 0) is 13.1 Å². The highest BCUT2D eigenvalue weighted by atomic mass is 16.5. The lowest BCUT2D eigenvalue weighted by atomic mass is 9.99. The molecule has 1 N–H and O–H groups in total. The Bertz CT molecular complexity index is 1340. The maximum Gasteiger partial charge on any atom is 0.251 e. The first-order chi connectivity index (χ1) is 16.9. The van der Waals surface area contributed by atoms with Crippen molar-refractivity contribution in [3.05, 3.63) is 82.2 Å². The first kappa shape index (κ1) is 24.1. The fourth-order valence-electron chi connectivity index (χ4n) is 4.53. The maximum absolute atomic E-state index is 13.1. The van der Waals surface area contributed by atoms with Crippen molar-refractivity contribution in [3.8, 4) is 17.2 Å². The van der Waals surface area contributed by atoms with Crippen molar-refractivity contribution in [2.45, 2.75) is 33.9 Å². The predicted octanol–water partition coefficient (Wildman–Crippen LogP) is 4.97. The summed E-state index contributed by atoms with van der Waals surface area (Å²) in [6.45, 7) is 7.34. The number of rotatable bonds is 8. The van der Waals surface area contributed by atoms with Gasteiger partial charge in [0.2, 0.25) is 5.75 Å². The molecule has 0 fully saturated rings. The van der Waals surface area contributed by atoms with Crippen molar-refractivity contribution >= 4 is 16.9 Å². The van der Waals surface area contributed by atoms with Crippen molar-refractivity contribution < 1.29 is 19.0 Å². The second-order valence-electron chi connectivity index (χ2n) is 8.58. The summed E-state index contributed by atoms with van der Waals surface area (Å²) in [7, 11) is 4.58. The molecule has 1 amide bonds. The summed E-state index contributed by atoms with van der Waals surface area (Å²) < 4.78 is 18.3. The third-order valence-electron chi connectivity index (χ3n) is 6.22. The number of nitrogens with zero attached hydrogens (tertiary/aromatic N) is 2. The fraction of sp³-hybridized carbons (Fsp3) is 0.286. The number of benzene rings is 3. The molecule has 35 heavy (non-hydrogen) atoms. The minimum Gasteiger partial charge on any atom is -0.493 e. The number of imidazole rings is 1. The summed E-state index contributed by atoms with van der Waals surface area (Å²) in [5.74, 6) is 1.82. The summed E-state index contributed by atoms with van der Waals surface area (Å²) >= 11 is 0. The highest BCUT2D eigenvalue weighted by molar-refractivity contribution is 5.95. The van der Waals surface area contributed by atoms with Crippen molar-refractivity contribution in [2.24, 2.45) is 0 Å². The quantitative estimate of drug-likeness (QED) is 0.391. The Kier molecular flexibility index (Phi) is 6.96. The molecule has 0 aliphatic carbocycles. The molecule has 182 valence electrons. The highest BCUT2D eigenvalue weighted by Crippen LogP contribution is 2.38. The number of carbonyl (C=O) groups excluding carboxylic acids is 1. The summed E-state index contributed by atoms with van der Waals surface area (Å²) in [5, 5.41) is 3.01. The lowest BCUT2D eigenvalue weighted by molar-refractivity contribution is 0.0948. The van der Waals surface area contributed by atoms with Gasteiger partial charge >= 0.3 is 0 Å². The Morgan fingerprint density at radius 2 is 1.54 bits per heavy atom. The zero-order valence-electron chi connectivity index (χ0n) is 21.1.